The monoisotopic (exact) mass is 240 g/mol. The minimum absolute atomic E-state index is 0.0724. The molecule has 4 nitrogen and oxygen atoms in total. The Morgan fingerprint density at radius 3 is 2.47 bits per heavy atom. The Morgan fingerprint density at radius 1 is 1.35 bits per heavy atom. The molecular formula is C13H24N2O2. The Bertz CT molecular complexity index is 293. The molecule has 4 heteroatoms. The van der Waals surface area contributed by atoms with Crippen LogP contribution in [0.3, 0.4) is 0 Å². The number of hydrogen-bond acceptors (Lipinski definition) is 3. The molecule has 2 aliphatic rings. The predicted molar refractivity (Wildman–Crippen MR) is 66.7 cm³/mol. The Hall–Kier alpha value is -0.610. The summed E-state index contributed by atoms with van der Waals surface area (Å²) in [6.45, 7) is 11.8. The SMILES string of the molecule is CC1(C)C(CNC(=O)C2COCCN2)C1(C)C. The maximum Gasteiger partial charge on any atom is 0.239 e. The third kappa shape index (κ3) is 2.20. The molecule has 1 saturated carbocycles. The number of morpholine rings is 1. The van der Waals surface area contributed by atoms with Gasteiger partial charge in [-0.05, 0) is 16.7 Å². The van der Waals surface area contributed by atoms with E-state index in [4.69, 9.17) is 4.74 Å². The fourth-order valence-electron chi connectivity index (χ4n) is 2.90. The topological polar surface area (TPSA) is 50.4 Å². The van der Waals surface area contributed by atoms with Gasteiger partial charge in [-0.15, -0.1) is 0 Å². The van der Waals surface area contributed by atoms with Gasteiger partial charge in [-0.2, -0.15) is 0 Å². The van der Waals surface area contributed by atoms with Gasteiger partial charge in [0.15, 0.2) is 0 Å². The number of ether oxygens (including phenoxy) is 1. The standard InChI is InChI=1S/C13H24N2O2/c1-12(2)10(13(12,3)4)7-15-11(16)9-8-17-6-5-14-9/h9-10,14H,5-8H2,1-4H3,(H,15,16). The molecule has 2 rings (SSSR count). The molecule has 1 atom stereocenters. The summed E-state index contributed by atoms with van der Waals surface area (Å²) in [4.78, 5) is 11.9. The second kappa shape index (κ2) is 4.25. The highest BCUT2D eigenvalue weighted by molar-refractivity contribution is 5.82. The molecule has 2 fully saturated rings. The van der Waals surface area contributed by atoms with Crippen LogP contribution in [-0.4, -0.2) is 38.3 Å². The molecule has 1 heterocycles. The third-order valence-electron chi connectivity index (χ3n) is 5.04. The Morgan fingerprint density at radius 2 is 2.00 bits per heavy atom. The fraction of sp³-hybridized carbons (Fsp3) is 0.923. The smallest absolute Gasteiger partial charge is 0.239 e. The summed E-state index contributed by atoms with van der Waals surface area (Å²) in [5.74, 6) is 0.645. The van der Waals surface area contributed by atoms with E-state index in [-0.39, 0.29) is 11.9 Å². The second-order valence-corrected chi connectivity index (χ2v) is 6.32. The molecule has 1 unspecified atom stereocenters. The van der Waals surface area contributed by atoms with Crippen molar-refractivity contribution in [2.24, 2.45) is 16.7 Å². The molecule has 1 amide bonds. The summed E-state index contributed by atoms with van der Waals surface area (Å²) >= 11 is 0. The van der Waals surface area contributed by atoms with E-state index in [0.29, 0.717) is 30.0 Å². The van der Waals surface area contributed by atoms with Gasteiger partial charge < -0.3 is 15.4 Å². The largest absolute Gasteiger partial charge is 0.378 e. The normalized spacial score (nSPS) is 30.9. The predicted octanol–water partition coefficient (Wildman–Crippen LogP) is 0.773. The molecule has 0 aromatic heterocycles. The van der Waals surface area contributed by atoms with Crippen molar-refractivity contribution in [3.05, 3.63) is 0 Å². The van der Waals surface area contributed by atoms with Crippen LogP contribution in [0.4, 0.5) is 0 Å². The van der Waals surface area contributed by atoms with Crippen LogP contribution in [0.25, 0.3) is 0 Å². The lowest BCUT2D eigenvalue weighted by molar-refractivity contribution is -0.126. The molecule has 0 aromatic rings. The van der Waals surface area contributed by atoms with Gasteiger partial charge in [0, 0.05) is 13.1 Å². The highest BCUT2D eigenvalue weighted by atomic mass is 16.5. The van der Waals surface area contributed by atoms with Crippen molar-refractivity contribution in [3.63, 3.8) is 0 Å². The highest BCUT2D eigenvalue weighted by Crippen LogP contribution is 2.67. The quantitative estimate of drug-likeness (QED) is 0.766. The molecule has 0 spiro atoms. The molecule has 1 aliphatic heterocycles. The van der Waals surface area contributed by atoms with Crippen LogP contribution in [-0.2, 0) is 9.53 Å². The number of carbonyl (C=O) groups excluding carboxylic acids is 1. The molecule has 17 heavy (non-hydrogen) atoms. The summed E-state index contributed by atoms with van der Waals surface area (Å²) in [6.07, 6.45) is 0. The maximum absolute atomic E-state index is 11.9. The highest BCUT2D eigenvalue weighted by Gasteiger charge is 2.64. The second-order valence-electron chi connectivity index (χ2n) is 6.32. The summed E-state index contributed by atoms with van der Waals surface area (Å²) < 4.78 is 5.28. The number of amides is 1. The van der Waals surface area contributed by atoms with Crippen molar-refractivity contribution in [1.29, 1.82) is 0 Å². The van der Waals surface area contributed by atoms with Crippen LogP contribution in [0.5, 0.6) is 0 Å². The van der Waals surface area contributed by atoms with E-state index in [1.165, 1.54) is 0 Å². The van der Waals surface area contributed by atoms with Crippen LogP contribution in [0, 0.1) is 16.7 Å². The summed E-state index contributed by atoms with van der Waals surface area (Å²) in [6, 6.07) is -0.172. The van der Waals surface area contributed by atoms with E-state index in [0.717, 1.165) is 13.1 Å². The zero-order chi connectivity index (χ0) is 12.7. The lowest BCUT2D eigenvalue weighted by Gasteiger charge is -2.23. The molecule has 98 valence electrons. The fourth-order valence-corrected chi connectivity index (χ4v) is 2.90. The van der Waals surface area contributed by atoms with Crippen molar-refractivity contribution in [2.75, 3.05) is 26.3 Å². The van der Waals surface area contributed by atoms with Crippen LogP contribution >= 0.6 is 0 Å². The van der Waals surface area contributed by atoms with Gasteiger partial charge in [-0.3, -0.25) is 4.79 Å². The van der Waals surface area contributed by atoms with Gasteiger partial charge in [-0.1, -0.05) is 27.7 Å². The number of carbonyl (C=O) groups is 1. The lowest BCUT2D eigenvalue weighted by atomic mass is 10.0. The van der Waals surface area contributed by atoms with E-state index in [1.54, 1.807) is 0 Å². The first-order valence-corrected chi connectivity index (χ1v) is 6.46. The van der Waals surface area contributed by atoms with Gasteiger partial charge in [0.25, 0.3) is 0 Å². The van der Waals surface area contributed by atoms with Gasteiger partial charge in [0.05, 0.1) is 13.2 Å². The van der Waals surface area contributed by atoms with E-state index in [2.05, 4.69) is 38.3 Å². The first-order chi connectivity index (χ1) is 7.87. The van der Waals surface area contributed by atoms with Gasteiger partial charge in [0.1, 0.15) is 6.04 Å². The zero-order valence-corrected chi connectivity index (χ0v) is 11.3. The van der Waals surface area contributed by atoms with Crippen molar-refractivity contribution in [2.45, 2.75) is 33.7 Å². The first kappa shape index (κ1) is 12.8. The molecule has 2 N–H and O–H groups in total. The molecule has 0 bridgehead atoms. The molecule has 1 aliphatic carbocycles. The average molecular weight is 240 g/mol. The Balaban J connectivity index is 1.78. The molecule has 0 aromatic carbocycles. The zero-order valence-electron chi connectivity index (χ0n) is 11.3. The van der Waals surface area contributed by atoms with E-state index < -0.39 is 0 Å². The average Bonchev–Trinajstić information content (AvgIpc) is 2.68. The van der Waals surface area contributed by atoms with Crippen molar-refractivity contribution < 1.29 is 9.53 Å². The minimum Gasteiger partial charge on any atom is -0.378 e. The lowest BCUT2D eigenvalue weighted by Crippen LogP contribution is -2.51. The van der Waals surface area contributed by atoms with Gasteiger partial charge in [-0.25, -0.2) is 0 Å². The van der Waals surface area contributed by atoms with E-state index in [9.17, 15) is 4.79 Å². The first-order valence-electron chi connectivity index (χ1n) is 6.46. The van der Waals surface area contributed by atoms with Crippen molar-refractivity contribution >= 4 is 5.91 Å². The van der Waals surface area contributed by atoms with Gasteiger partial charge in [0.2, 0.25) is 5.91 Å². The molecular weight excluding hydrogens is 216 g/mol. The summed E-state index contributed by atoms with van der Waals surface area (Å²) in [5, 5.41) is 6.21. The van der Waals surface area contributed by atoms with Crippen LogP contribution in [0.2, 0.25) is 0 Å². The Kier molecular flexibility index (Phi) is 3.21. The maximum atomic E-state index is 11.9. The van der Waals surface area contributed by atoms with E-state index >= 15 is 0 Å². The number of nitrogens with one attached hydrogen (secondary N) is 2. The van der Waals surface area contributed by atoms with Crippen LogP contribution < -0.4 is 10.6 Å². The van der Waals surface area contributed by atoms with Crippen LogP contribution in [0.15, 0.2) is 0 Å². The summed E-state index contributed by atoms with van der Waals surface area (Å²) in [7, 11) is 0. The van der Waals surface area contributed by atoms with Crippen molar-refractivity contribution in [1.82, 2.24) is 10.6 Å². The van der Waals surface area contributed by atoms with Crippen molar-refractivity contribution in [3.8, 4) is 0 Å². The van der Waals surface area contributed by atoms with E-state index in [1.807, 2.05) is 0 Å². The summed E-state index contributed by atoms with van der Waals surface area (Å²) in [5.41, 5.74) is 0.660. The minimum atomic E-state index is -0.172. The van der Waals surface area contributed by atoms with Crippen LogP contribution in [0.1, 0.15) is 27.7 Å². The number of hydrogen-bond donors (Lipinski definition) is 2. The van der Waals surface area contributed by atoms with Gasteiger partial charge >= 0.3 is 0 Å². The number of rotatable bonds is 3. The Labute approximate surface area is 103 Å². The molecule has 0 radical (unpaired) electrons. The molecule has 1 saturated heterocycles. The third-order valence-corrected chi connectivity index (χ3v) is 5.04.